The van der Waals surface area contributed by atoms with E-state index in [1.54, 1.807) is 19.6 Å². The molecule has 1 heterocycles. The summed E-state index contributed by atoms with van der Waals surface area (Å²) in [5, 5.41) is 3.27. The molecular weight excluding hydrogens is 290 g/mol. The summed E-state index contributed by atoms with van der Waals surface area (Å²) >= 11 is 0. The highest BCUT2D eigenvalue weighted by molar-refractivity contribution is 7.87. The van der Waals surface area contributed by atoms with E-state index in [1.807, 2.05) is 10.8 Å². The van der Waals surface area contributed by atoms with E-state index in [0.29, 0.717) is 19.1 Å². The third-order valence-electron chi connectivity index (χ3n) is 3.05. The predicted octanol–water partition coefficient (Wildman–Crippen LogP) is 0.428. The molecule has 1 rings (SSSR count). The summed E-state index contributed by atoms with van der Waals surface area (Å²) in [6.07, 6.45) is 6.83. The van der Waals surface area contributed by atoms with Crippen molar-refractivity contribution >= 4 is 10.2 Å². The number of hydrogen-bond donors (Lipinski definition) is 2. The third kappa shape index (κ3) is 7.56. The molecule has 0 aliphatic heterocycles. The van der Waals surface area contributed by atoms with Crippen LogP contribution in [-0.4, -0.2) is 55.0 Å². The van der Waals surface area contributed by atoms with Crippen molar-refractivity contribution in [3.63, 3.8) is 0 Å². The first-order valence-corrected chi connectivity index (χ1v) is 8.76. The van der Waals surface area contributed by atoms with Crippen LogP contribution in [-0.2, 0) is 16.8 Å². The van der Waals surface area contributed by atoms with Crippen molar-refractivity contribution in [2.45, 2.75) is 39.3 Å². The van der Waals surface area contributed by atoms with Gasteiger partial charge in [-0.25, -0.2) is 9.71 Å². The van der Waals surface area contributed by atoms with Crippen molar-refractivity contribution in [3.8, 4) is 0 Å². The zero-order valence-electron chi connectivity index (χ0n) is 13.1. The molecule has 122 valence electrons. The van der Waals surface area contributed by atoms with Gasteiger partial charge in [-0.1, -0.05) is 13.8 Å². The van der Waals surface area contributed by atoms with E-state index in [4.69, 9.17) is 0 Å². The maximum Gasteiger partial charge on any atom is 0.279 e. The van der Waals surface area contributed by atoms with Crippen LogP contribution in [0.2, 0.25) is 0 Å². The summed E-state index contributed by atoms with van der Waals surface area (Å²) in [6, 6.07) is 0.424. The average Bonchev–Trinajstić information content (AvgIpc) is 2.92. The molecule has 21 heavy (non-hydrogen) atoms. The van der Waals surface area contributed by atoms with Gasteiger partial charge >= 0.3 is 0 Å². The minimum atomic E-state index is -3.37. The van der Waals surface area contributed by atoms with E-state index in [-0.39, 0.29) is 0 Å². The minimum absolute atomic E-state index is 0.424. The summed E-state index contributed by atoms with van der Waals surface area (Å²) in [6.45, 7) is 6.65. The molecule has 0 saturated heterocycles. The topological polar surface area (TPSA) is 79.3 Å². The first-order chi connectivity index (χ1) is 9.92. The van der Waals surface area contributed by atoms with Crippen molar-refractivity contribution in [1.82, 2.24) is 23.9 Å². The highest BCUT2D eigenvalue weighted by atomic mass is 32.2. The second-order valence-corrected chi connectivity index (χ2v) is 7.20. The fourth-order valence-corrected chi connectivity index (χ4v) is 2.80. The van der Waals surface area contributed by atoms with E-state index < -0.39 is 10.2 Å². The normalized spacial score (nSPS) is 12.4. The molecule has 7 nitrogen and oxygen atoms in total. The molecule has 0 bridgehead atoms. The number of nitrogens with zero attached hydrogens (tertiary/aromatic N) is 3. The Kier molecular flexibility index (Phi) is 7.87. The highest BCUT2D eigenvalue weighted by Crippen LogP contribution is 1.97. The summed E-state index contributed by atoms with van der Waals surface area (Å²) in [5.74, 6) is 0. The van der Waals surface area contributed by atoms with E-state index in [1.165, 1.54) is 4.31 Å². The Morgan fingerprint density at radius 3 is 2.67 bits per heavy atom. The van der Waals surface area contributed by atoms with Gasteiger partial charge in [0.15, 0.2) is 0 Å². The van der Waals surface area contributed by atoms with E-state index >= 15 is 0 Å². The van der Waals surface area contributed by atoms with Crippen LogP contribution in [0.15, 0.2) is 18.7 Å². The molecule has 0 aromatic carbocycles. The van der Waals surface area contributed by atoms with Crippen LogP contribution in [0.1, 0.15) is 26.7 Å². The second-order valence-electron chi connectivity index (χ2n) is 5.34. The van der Waals surface area contributed by atoms with Gasteiger partial charge in [-0.15, -0.1) is 0 Å². The lowest BCUT2D eigenvalue weighted by Gasteiger charge is -2.18. The second kappa shape index (κ2) is 9.14. The summed E-state index contributed by atoms with van der Waals surface area (Å²) < 4.78 is 29.9. The Morgan fingerprint density at radius 1 is 1.29 bits per heavy atom. The highest BCUT2D eigenvalue weighted by Gasteiger charge is 2.15. The smallest absolute Gasteiger partial charge is 0.279 e. The number of rotatable bonds is 11. The molecule has 0 aliphatic rings. The molecule has 1 aromatic heterocycles. The number of hydrogen-bond acceptors (Lipinski definition) is 4. The minimum Gasteiger partial charge on any atom is -0.337 e. The van der Waals surface area contributed by atoms with Gasteiger partial charge < -0.3 is 9.88 Å². The molecule has 0 amide bonds. The largest absolute Gasteiger partial charge is 0.337 e. The monoisotopic (exact) mass is 317 g/mol. The fourth-order valence-electron chi connectivity index (χ4n) is 1.80. The van der Waals surface area contributed by atoms with Gasteiger partial charge in [-0.3, -0.25) is 0 Å². The van der Waals surface area contributed by atoms with E-state index in [9.17, 15) is 8.42 Å². The van der Waals surface area contributed by atoms with Crippen molar-refractivity contribution in [2.75, 3.05) is 26.7 Å². The van der Waals surface area contributed by atoms with Gasteiger partial charge in [0.05, 0.1) is 6.33 Å². The van der Waals surface area contributed by atoms with Crippen LogP contribution in [0.25, 0.3) is 0 Å². The van der Waals surface area contributed by atoms with Crippen LogP contribution in [0.4, 0.5) is 0 Å². The SMILES string of the molecule is CC(C)NCCCN(C)S(=O)(=O)NCCCn1ccnc1. The van der Waals surface area contributed by atoms with Crippen LogP contribution in [0.5, 0.6) is 0 Å². The Balaban J connectivity index is 2.18. The Morgan fingerprint density at radius 2 is 2.05 bits per heavy atom. The number of nitrogens with one attached hydrogen (secondary N) is 2. The molecule has 2 N–H and O–H groups in total. The molecule has 0 saturated carbocycles. The van der Waals surface area contributed by atoms with E-state index in [0.717, 1.165) is 25.9 Å². The van der Waals surface area contributed by atoms with Crippen molar-refractivity contribution < 1.29 is 8.42 Å². The zero-order valence-corrected chi connectivity index (χ0v) is 13.9. The van der Waals surface area contributed by atoms with Gasteiger partial charge in [0, 0.05) is 45.1 Å². The Labute approximate surface area is 127 Å². The van der Waals surface area contributed by atoms with Gasteiger partial charge in [-0.2, -0.15) is 12.7 Å². The predicted molar refractivity (Wildman–Crippen MR) is 84.2 cm³/mol. The first-order valence-electron chi connectivity index (χ1n) is 7.32. The maximum absolute atomic E-state index is 12.0. The van der Waals surface area contributed by atoms with Gasteiger partial charge in [0.2, 0.25) is 0 Å². The van der Waals surface area contributed by atoms with Gasteiger partial charge in [0.25, 0.3) is 10.2 Å². The van der Waals surface area contributed by atoms with Crippen molar-refractivity contribution in [3.05, 3.63) is 18.7 Å². The quantitative estimate of drug-likeness (QED) is 0.580. The van der Waals surface area contributed by atoms with Crippen LogP contribution in [0.3, 0.4) is 0 Å². The lowest BCUT2D eigenvalue weighted by Crippen LogP contribution is -2.40. The zero-order chi connectivity index (χ0) is 15.7. The van der Waals surface area contributed by atoms with Crippen molar-refractivity contribution in [2.24, 2.45) is 0 Å². The fraction of sp³-hybridized carbons (Fsp3) is 0.769. The van der Waals surface area contributed by atoms with E-state index in [2.05, 4.69) is 28.9 Å². The van der Waals surface area contributed by atoms with Crippen LogP contribution >= 0.6 is 0 Å². The lowest BCUT2D eigenvalue weighted by molar-refractivity contribution is 0.437. The molecule has 0 fully saturated rings. The summed E-state index contributed by atoms with van der Waals surface area (Å²) in [4.78, 5) is 3.94. The summed E-state index contributed by atoms with van der Waals surface area (Å²) in [7, 11) is -1.77. The number of aromatic nitrogens is 2. The van der Waals surface area contributed by atoms with Gasteiger partial charge in [-0.05, 0) is 19.4 Å². The maximum atomic E-state index is 12.0. The summed E-state index contributed by atoms with van der Waals surface area (Å²) in [5.41, 5.74) is 0. The Hall–Kier alpha value is -0.960. The van der Waals surface area contributed by atoms with Gasteiger partial charge in [0.1, 0.15) is 0 Å². The molecular formula is C13H27N5O2S. The standard InChI is InChI=1S/C13H27N5O2S/c1-13(2)15-6-4-9-17(3)21(19,20)16-7-5-10-18-11-8-14-12-18/h8,11-13,15-16H,4-7,9-10H2,1-3H3. The first kappa shape index (κ1) is 18.1. The molecule has 0 unspecified atom stereocenters. The molecule has 0 atom stereocenters. The van der Waals surface area contributed by atoms with Crippen molar-refractivity contribution in [1.29, 1.82) is 0 Å². The molecule has 0 spiro atoms. The molecule has 1 aromatic rings. The molecule has 0 aliphatic carbocycles. The number of aryl methyl sites for hydroxylation is 1. The average molecular weight is 317 g/mol. The van der Waals surface area contributed by atoms with Crippen LogP contribution in [0, 0.1) is 0 Å². The molecule has 0 radical (unpaired) electrons. The number of imidazole rings is 1. The van der Waals surface area contributed by atoms with Crippen LogP contribution < -0.4 is 10.0 Å². The lowest BCUT2D eigenvalue weighted by atomic mass is 10.3. The Bertz CT molecular complexity index is 473. The third-order valence-corrected chi connectivity index (χ3v) is 4.62. The molecule has 8 heteroatoms.